The minimum Gasteiger partial charge on any atom is -0.338 e. The minimum atomic E-state index is -3.53. The summed E-state index contributed by atoms with van der Waals surface area (Å²) < 4.78 is 27.0. The van der Waals surface area contributed by atoms with Gasteiger partial charge in [-0.2, -0.15) is 4.31 Å². The number of quaternary nitrogens is 1. The SMILES string of the molecule is O=C(C[NH+]1CCN(S(=O)(=O)c2cccc(Cl)c2)CC1)N1CCCCCCC1. The Morgan fingerprint density at radius 2 is 1.63 bits per heavy atom. The summed E-state index contributed by atoms with van der Waals surface area (Å²) in [6, 6.07) is 6.38. The quantitative estimate of drug-likeness (QED) is 0.800. The topological polar surface area (TPSA) is 62.1 Å². The van der Waals surface area contributed by atoms with Crippen LogP contribution in [0.2, 0.25) is 5.02 Å². The van der Waals surface area contributed by atoms with Crippen molar-refractivity contribution in [3.63, 3.8) is 0 Å². The highest BCUT2D eigenvalue weighted by molar-refractivity contribution is 7.89. The minimum absolute atomic E-state index is 0.207. The van der Waals surface area contributed by atoms with Crippen molar-refractivity contribution in [2.45, 2.75) is 37.0 Å². The number of benzene rings is 1. The molecule has 0 aliphatic carbocycles. The Bertz CT molecular complexity index is 740. The number of carbonyl (C=O) groups is 1. The maximum Gasteiger partial charge on any atom is 0.277 e. The van der Waals surface area contributed by atoms with Crippen LogP contribution in [0.5, 0.6) is 0 Å². The number of carbonyl (C=O) groups excluding carboxylic acids is 1. The molecule has 1 N–H and O–H groups in total. The van der Waals surface area contributed by atoms with Gasteiger partial charge in [-0.15, -0.1) is 0 Å². The smallest absolute Gasteiger partial charge is 0.277 e. The van der Waals surface area contributed by atoms with Crippen LogP contribution in [0.1, 0.15) is 32.1 Å². The van der Waals surface area contributed by atoms with E-state index in [1.54, 1.807) is 18.2 Å². The van der Waals surface area contributed by atoms with E-state index in [1.165, 1.54) is 34.5 Å². The van der Waals surface area contributed by atoms with E-state index in [2.05, 4.69) is 0 Å². The molecule has 0 unspecified atom stereocenters. The van der Waals surface area contributed by atoms with Crippen molar-refractivity contribution in [1.82, 2.24) is 9.21 Å². The van der Waals surface area contributed by atoms with Gasteiger partial charge in [0.05, 0.1) is 31.1 Å². The summed E-state index contributed by atoms with van der Waals surface area (Å²) >= 11 is 5.94. The lowest BCUT2D eigenvalue weighted by Gasteiger charge is -2.32. The molecule has 0 spiro atoms. The molecule has 150 valence electrons. The molecule has 0 bridgehead atoms. The third-order valence-electron chi connectivity index (χ3n) is 5.47. The lowest BCUT2D eigenvalue weighted by molar-refractivity contribution is -0.896. The van der Waals surface area contributed by atoms with Crippen LogP contribution in [-0.4, -0.2) is 69.3 Å². The summed E-state index contributed by atoms with van der Waals surface area (Å²) in [6.07, 6.45) is 5.86. The Balaban J connectivity index is 1.53. The fraction of sp³-hybridized carbons (Fsp3) is 0.632. The molecule has 8 heteroatoms. The van der Waals surface area contributed by atoms with Crippen LogP contribution in [0, 0.1) is 0 Å². The lowest BCUT2D eigenvalue weighted by Crippen LogP contribution is -3.15. The van der Waals surface area contributed by atoms with E-state index in [-0.39, 0.29) is 10.8 Å². The van der Waals surface area contributed by atoms with Gasteiger partial charge < -0.3 is 9.80 Å². The van der Waals surface area contributed by atoms with Gasteiger partial charge in [-0.25, -0.2) is 8.42 Å². The standard InChI is InChI=1S/C19H28ClN3O3S/c20-17-7-6-8-18(15-17)27(25,26)23-13-11-21(12-14-23)16-19(24)22-9-4-2-1-3-5-10-22/h6-8,15H,1-5,9-14,16H2/p+1. The van der Waals surface area contributed by atoms with Crippen molar-refractivity contribution >= 4 is 27.5 Å². The van der Waals surface area contributed by atoms with Crippen LogP contribution in [0.3, 0.4) is 0 Å². The highest BCUT2D eigenvalue weighted by atomic mass is 35.5. The van der Waals surface area contributed by atoms with Gasteiger partial charge in [0.2, 0.25) is 10.0 Å². The van der Waals surface area contributed by atoms with Gasteiger partial charge in [0, 0.05) is 18.1 Å². The summed E-state index contributed by atoms with van der Waals surface area (Å²) in [5, 5.41) is 0.416. The second kappa shape index (κ2) is 9.37. The zero-order chi connectivity index (χ0) is 19.3. The van der Waals surface area contributed by atoms with Crippen molar-refractivity contribution in [3.8, 4) is 0 Å². The molecule has 0 saturated carbocycles. The number of sulfonamides is 1. The number of likely N-dealkylation sites (tertiary alicyclic amines) is 1. The fourth-order valence-electron chi connectivity index (χ4n) is 3.82. The molecule has 2 aliphatic rings. The Labute approximate surface area is 167 Å². The van der Waals surface area contributed by atoms with E-state index in [1.807, 2.05) is 4.90 Å². The fourth-order valence-corrected chi connectivity index (χ4v) is 5.56. The van der Waals surface area contributed by atoms with E-state index in [0.29, 0.717) is 37.7 Å². The molecule has 2 aliphatic heterocycles. The van der Waals surface area contributed by atoms with E-state index in [0.717, 1.165) is 25.9 Å². The first-order valence-corrected chi connectivity index (χ1v) is 11.7. The normalized spacial score (nSPS) is 20.9. The molecular weight excluding hydrogens is 386 g/mol. The molecule has 0 aromatic heterocycles. The van der Waals surface area contributed by atoms with Gasteiger partial charge in [-0.3, -0.25) is 4.79 Å². The Morgan fingerprint density at radius 3 is 2.26 bits per heavy atom. The molecule has 3 rings (SSSR count). The first-order chi connectivity index (χ1) is 13.0. The van der Waals surface area contributed by atoms with E-state index in [9.17, 15) is 13.2 Å². The molecule has 6 nitrogen and oxygen atoms in total. The summed E-state index contributed by atoms with van der Waals surface area (Å²) in [7, 11) is -3.53. The average molecular weight is 415 g/mol. The van der Waals surface area contributed by atoms with Crippen LogP contribution in [0.15, 0.2) is 29.2 Å². The van der Waals surface area contributed by atoms with Crippen molar-refractivity contribution in [1.29, 1.82) is 0 Å². The summed E-state index contributed by atoms with van der Waals surface area (Å²) in [4.78, 5) is 16.0. The Hall–Kier alpha value is -1.15. The number of nitrogens with one attached hydrogen (secondary N) is 1. The zero-order valence-electron chi connectivity index (χ0n) is 15.7. The maximum absolute atomic E-state index is 12.8. The second-order valence-corrected chi connectivity index (χ2v) is 9.81. The lowest BCUT2D eigenvalue weighted by atomic mass is 10.1. The van der Waals surface area contributed by atoms with E-state index in [4.69, 9.17) is 11.6 Å². The predicted octanol–water partition coefficient (Wildman–Crippen LogP) is 1.02. The first-order valence-electron chi connectivity index (χ1n) is 9.84. The van der Waals surface area contributed by atoms with Crippen LogP contribution < -0.4 is 4.90 Å². The molecule has 2 fully saturated rings. The molecule has 2 heterocycles. The Morgan fingerprint density at radius 1 is 1.00 bits per heavy atom. The van der Waals surface area contributed by atoms with Gasteiger partial charge in [0.25, 0.3) is 5.91 Å². The van der Waals surface area contributed by atoms with Crippen molar-refractivity contribution in [2.75, 3.05) is 45.8 Å². The predicted molar refractivity (Wildman–Crippen MR) is 105 cm³/mol. The molecule has 27 heavy (non-hydrogen) atoms. The first kappa shape index (κ1) is 20.6. The third kappa shape index (κ3) is 5.44. The van der Waals surface area contributed by atoms with Gasteiger partial charge in [-0.05, 0) is 31.0 Å². The summed E-state index contributed by atoms with van der Waals surface area (Å²) in [5.41, 5.74) is 0. The largest absolute Gasteiger partial charge is 0.338 e. The number of nitrogens with zero attached hydrogens (tertiary/aromatic N) is 2. The zero-order valence-corrected chi connectivity index (χ0v) is 17.3. The van der Waals surface area contributed by atoms with Crippen LogP contribution in [0.25, 0.3) is 0 Å². The molecule has 1 aromatic carbocycles. The molecule has 0 radical (unpaired) electrons. The van der Waals surface area contributed by atoms with E-state index < -0.39 is 10.0 Å². The average Bonchev–Trinajstić information content (AvgIpc) is 2.62. The van der Waals surface area contributed by atoms with Gasteiger partial charge >= 0.3 is 0 Å². The number of piperazine rings is 1. The van der Waals surface area contributed by atoms with Crippen molar-refractivity contribution < 1.29 is 18.1 Å². The third-order valence-corrected chi connectivity index (χ3v) is 7.60. The summed E-state index contributed by atoms with van der Waals surface area (Å²) in [6.45, 7) is 4.35. The molecule has 1 aromatic rings. The number of hydrogen-bond acceptors (Lipinski definition) is 3. The molecular formula is C19H29ClN3O3S+. The maximum atomic E-state index is 12.8. The highest BCUT2D eigenvalue weighted by Gasteiger charge is 2.32. The second-order valence-electron chi connectivity index (χ2n) is 7.44. The summed E-state index contributed by atoms with van der Waals surface area (Å²) in [5.74, 6) is 0.207. The van der Waals surface area contributed by atoms with Gasteiger partial charge in [-0.1, -0.05) is 36.9 Å². The number of hydrogen-bond donors (Lipinski definition) is 1. The van der Waals surface area contributed by atoms with Crippen molar-refractivity contribution in [3.05, 3.63) is 29.3 Å². The number of halogens is 1. The van der Waals surface area contributed by atoms with Crippen molar-refractivity contribution in [2.24, 2.45) is 0 Å². The molecule has 0 atom stereocenters. The number of amides is 1. The van der Waals surface area contributed by atoms with Gasteiger partial charge in [0.15, 0.2) is 6.54 Å². The highest BCUT2D eigenvalue weighted by Crippen LogP contribution is 2.19. The Kier molecular flexibility index (Phi) is 7.14. The number of rotatable bonds is 4. The monoisotopic (exact) mass is 414 g/mol. The molecule has 1 amide bonds. The van der Waals surface area contributed by atoms with Crippen LogP contribution in [-0.2, 0) is 14.8 Å². The molecule has 2 saturated heterocycles. The van der Waals surface area contributed by atoms with Crippen LogP contribution >= 0.6 is 11.6 Å². The van der Waals surface area contributed by atoms with Gasteiger partial charge in [0.1, 0.15) is 0 Å². The van der Waals surface area contributed by atoms with Crippen LogP contribution in [0.4, 0.5) is 0 Å². The van der Waals surface area contributed by atoms with E-state index >= 15 is 0 Å².